The van der Waals surface area contributed by atoms with Gasteiger partial charge in [0.2, 0.25) is 5.91 Å². The van der Waals surface area contributed by atoms with Gasteiger partial charge in [-0.15, -0.1) is 23.7 Å². The first kappa shape index (κ1) is 14.4. The average molecular weight is 278 g/mol. The van der Waals surface area contributed by atoms with Gasteiger partial charge >= 0.3 is 0 Å². The second-order valence-electron chi connectivity index (χ2n) is 4.02. The van der Waals surface area contributed by atoms with Crippen molar-refractivity contribution in [1.29, 1.82) is 0 Å². The highest BCUT2D eigenvalue weighted by Gasteiger charge is 2.36. The van der Waals surface area contributed by atoms with Crippen molar-refractivity contribution in [3.05, 3.63) is 11.1 Å². The van der Waals surface area contributed by atoms with Crippen molar-refractivity contribution in [2.24, 2.45) is 5.73 Å². The van der Waals surface area contributed by atoms with E-state index in [1.54, 1.807) is 0 Å². The Labute approximate surface area is 110 Å². The molecule has 1 aliphatic heterocycles. The van der Waals surface area contributed by atoms with Gasteiger partial charge < -0.3 is 15.8 Å². The van der Waals surface area contributed by atoms with Crippen LogP contribution in [0.1, 0.15) is 18.5 Å². The smallest absolute Gasteiger partial charge is 0.246 e. The van der Waals surface area contributed by atoms with E-state index in [9.17, 15) is 4.79 Å². The van der Waals surface area contributed by atoms with E-state index in [-0.39, 0.29) is 18.3 Å². The molecule has 0 bridgehead atoms. The van der Waals surface area contributed by atoms with Crippen LogP contribution < -0.4 is 11.1 Å². The fourth-order valence-corrected chi connectivity index (χ4v) is 2.28. The molecule has 96 valence electrons. The minimum atomic E-state index is -0.808. The van der Waals surface area contributed by atoms with E-state index < -0.39 is 5.54 Å². The first-order valence-corrected chi connectivity index (χ1v) is 6.08. The molecule has 1 aromatic rings. The maximum Gasteiger partial charge on any atom is 0.246 e. The number of rotatable bonds is 2. The monoisotopic (exact) mass is 277 g/mol. The third kappa shape index (κ3) is 3.38. The summed E-state index contributed by atoms with van der Waals surface area (Å²) >= 11 is 1.41. The lowest BCUT2D eigenvalue weighted by Gasteiger charge is -2.31. The van der Waals surface area contributed by atoms with Gasteiger partial charge in [0.15, 0.2) is 5.13 Å². The Morgan fingerprint density at radius 2 is 2.24 bits per heavy atom. The number of nitrogens with zero attached hydrogens (tertiary/aromatic N) is 1. The van der Waals surface area contributed by atoms with Crippen LogP contribution in [0.2, 0.25) is 0 Å². The summed E-state index contributed by atoms with van der Waals surface area (Å²) in [7, 11) is 0. The van der Waals surface area contributed by atoms with Gasteiger partial charge in [0.05, 0.1) is 5.69 Å². The molecule has 1 saturated heterocycles. The highest BCUT2D eigenvalue weighted by Crippen LogP contribution is 2.21. The topological polar surface area (TPSA) is 77.2 Å². The summed E-state index contributed by atoms with van der Waals surface area (Å²) in [5.74, 6) is -0.162. The maximum atomic E-state index is 12.0. The Morgan fingerprint density at radius 3 is 2.76 bits per heavy atom. The number of ether oxygens (including phenoxy) is 1. The lowest BCUT2D eigenvalue weighted by atomic mass is 9.90. The van der Waals surface area contributed by atoms with E-state index in [0.29, 0.717) is 31.2 Å². The summed E-state index contributed by atoms with van der Waals surface area (Å²) in [4.78, 5) is 16.1. The fourth-order valence-electron chi connectivity index (χ4n) is 1.60. The Kier molecular flexibility index (Phi) is 4.88. The number of hydrogen-bond donors (Lipinski definition) is 2. The van der Waals surface area contributed by atoms with Crippen molar-refractivity contribution in [3.8, 4) is 0 Å². The van der Waals surface area contributed by atoms with E-state index >= 15 is 0 Å². The normalized spacial score (nSPS) is 18.2. The lowest BCUT2D eigenvalue weighted by molar-refractivity contribution is -0.124. The van der Waals surface area contributed by atoms with E-state index in [1.807, 2.05) is 12.3 Å². The minimum Gasteiger partial charge on any atom is -0.381 e. The van der Waals surface area contributed by atoms with Crippen LogP contribution in [0.5, 0.6) is 0 Å². The molecule has 0 saturated carbocycles. The number of aryl methyl sites for hydroxylation is 1. The van der Waals surface area contributed by atoms with Crippen LogP contribution >= 0.6 is 23.7 Å². The number of carbonyl (C=O) groups is 1. The number of nitrogens with two attached hydrogens (primary N) is 1. The molecule has 0 aliphatic carbocycles. The molecule has 2 heterocycles. The zero-order chi connectivity index (χ0) is 11.6. The van der Waals surface area contributed by atoms with Crippen LogP contribution in [0.4, 0.5) is 5.13 Å². The van der Waals surface area contributed by atoms with Crippen molar-refractivity contribution in [1.82, 2.24) is 4.98 Å². The number of anilines is 1. The van der Waals surface area contributed by atoms with Gasteiger partial charge in [-0.1, -0.05) is 0 Å². The number of halogens is 1. The molecule has 1 amide bonds. The van der Waals surface area contributed by atoms with Crippen LogP contribution in [-0.4, -0.2) is 29.6 Å². The summed E-state index contributed by atoms with van der Waals surface area (Å²) in [5, 5.41) is 5.26. The van der Waals surface area contributed by atoms with Crippen LogP contribution in [0.15, 0.2) is 5.38 Å². The average Bonchev–Trinajstić information content (AvgIpc) is 2.65. The van der Waals surface area contributed by atoms with Gasteiger partial charge in [-0.25, -0.2) is 4.98 Å². The number of carbonyl (C=O) groups excluding carboxylic acids is 1. The van der Waals surface area contributed by atoms with Gasteiger partial charge in [-0.2, -0.15) is 0 Å². The predicted molar refractivity (Wildman–Crippen MR) is 69.7 cm³/mol. The highest BCUT2D eigenvalue weighted by molar-refractivity contribution is 7.13. The molecule has 0 radical (unpaired) electrons. The molecule has 1 fully saturated rings. The number of thiazole rings is 1. The Balaban J connectivity index is 0.00000144. The number of nitrogens with one attached hydrogen (secondary N) is 1. The molecule has 17 heavy (non-hydrogen) atoms. The second-order valence-corrected chi connectivity index (χ2v) is 4.87. The summed E-state index contributed by atoms with van der Waals surface area (Å²) in [6.07, 6.45) is 1.12. The molecule has 0 unspecified atom stereocenters. The Hall–Kier alpha value is -0.690. The number of hydrogen-bond acceptors (Lipinski definition) is 5. The van der Waals surface area contributed by atoms with Gasteiger partial charge in [0.1, 0.15) is 5.54 Å². The van der Waals surface area contributed by atoms with Gasteiger partial charge in [0.25, 0.3) is 0 Å². The fraction of sp³-hybridized carbons (Fsp3) is 0.600. The zero-order valence-corrected chi connectivity index (χ0v) is 11.2. The van der Waals surface area contributed by atoms with E-state index in [1.165, 1.54) is 11.3 Å². The van der Waals surface area contributed by atoms with Gasteiger partial charge in [-0.05, 0) is 19.8 Å². The summed E-state index contributed by atoms with van der Waals surface area (Å²) in [5.41, 5.74) is 6.14. The van der Waals surface area contributed by atoms with Crippen molar-refractivity contribution in [2.75, 3.05) is 18.5 Å². The third-order valence-electron chi connectivity index (χ3n) is 2.68. The standard InChI is InChI=1S/C10H15N3O2S.ClH/c1-7-6-16-9(12-7)13-8(14)10(11)2-4-15-5-3-10;/h6H,2-5,11H2,1H3,(H,12,13,14);1H. The van der Waals surface area contributed by atoms with E-state index in [2.05, 4.69) is 10.3 Å². The van der Waals surface area contributed by atoms with Gasteiger partial charge in [0, 0.05) is 18.6 Å². The third-order valence-corrected chi connectivity index (χ3v) is 3.55. The first-order valence-electron chi connectivity index (χ1n) is 5.20. The molecule has 0 aromatic carbocycles. The Bertz CT molecular complexity index is 391. The molecule has 0 atom stereocenters. The quantitative estimate of drug-likeness (QED) is 0.855. The molecule has 3 N–H and O–H groups in total. The zero-order valence-electron chi connectivity index (χ0n) is 9.56. The Morgan fingerprint density at radius 1 is 1.59 bits per heavy atom. The molecule has 1 aromatic heterocycles. The molecule has 0 spiro atoms. The molecule has 5 nitrogen and oxygen atoms in total. The SMILES string of the molecule is Cc1csc(NC(=O)C2(N)CCOCC2)n1.Cl. The van der Waals surface area contributed by atoms with Crippen LogP contribution in [0.3, 0.4) is 0 Å². The van der Waals surface area contributed by atoms with Crippen molar-refractivity contribution in [2.45, 2.75) is 25.3 Å². The molecule has 1 aliphatic rings. The van der Waals surface area contributed by atoms with Crippen molar-refractivity contribution in [3.63, 3.8) is 0 Å². The molecule has 2 rings (SSSR count). The molecule has 7 heteroatoms. The summed E-state index contributed by atoms with van der Waals surface area (Å²) in [6, 6.07) is 0. The number of aromatic nitrogens is 1. The minimum absolute atomic E-state index is 0. The van der Waals surface area contributed by atoms with E-state index in [4.69, 9.17) is 10.5 Å². The molecular weight excluding hydrogens is 262 g/mol. The maximum absolute atomic E-state index is 12.0. The van der Waals surface area contributed by atoms with Gasteiger partial charge in [-0.3, -0.25) is 4.79 Å². The highest BCUT2D eigenvalue weighted by atomic mass is 35.5. The summed E-state index contributed by atoms with van der Waals surface area (Å²) in [6.45, 7) is 2.97. The van der Waals surface area contributed by atoms with E-state index in [0.717, 1.165) is 5.69 Å². The lowest BCUT2D eigenvalue weighted by Crippen LogP contribution is -2.54. The van der Waals surface area contributed by atoms with Crippen molar-refractivity contribution >= 4 is 34.8 Å². The second kappa shape index (κ2) is 5.77. The predicted octanol–water partition coefficient (Wildman–Crippen LogP) is 1.32. The van der Waals surface area contributed by atoms with Crippen LogP contribution in [-0.2, 0) is 9.53 Å². The largest absolute Gasteiger partial charge is 0.381 e. The van der Waals surface area contributed by atoms with Crippen LogP contribution in [0.25, 0.3) is 0 Å². The van der Waals surface area contributed by atoms with Crippen molar-refractivity contribution < 1.29 is 9.53 Å². The first-order chi connectivity index (χ1) is 7.60. The van der Waals surface area contributed by atoms with Crippen LogP contribution in [0, 0.1) is 6.92 Å². The number of amides is 1. The summed E-state index contributed by atoms with van der Waals surface area (Å²) < 4.78 is 5.20. The molecular formula is C10H16ClN3O2S.